The van der Waals surface area contributed by atoms with Crippen LogP contribution in [0.2, 0.25) is 0 Å². The summed E-state index contributed by atoms with van der Waals surface area (Å²) in [6.45, 7) is 2.19. The van der Waals surface area contributed by atoms with Gasteiger partial charge in [-0.1, -0.05) is 36.8 Å². The second kappa shape index (κ2) is 7.67. The molecule has 0 aliphatic rings. The van der Waals surface area contributed by atoms with E-state index in [0.29, 0.717) is 15.3 Å². The molecule has 1 aromatic carbocycles. The molecule has 0 spiro atoms. The lowest BCUT2D eigenvalue weighted by Gasteiger charge is -2.03. The minimum Gasteiger partial charge on any atom is -0.360 e. The first-order chi connectivity index (χ1) is 13.2. The lowest BCUT2D eigenvalue weighted by Crippen LogP contribution is -2.24. The molecule has 4 aromatic rings. The van der Waals surface area contributed by atoms with Crippen molar-refractivity contribution < 1.29 is 0 Å². The number of aromatic nitrogens is 4. The number of pyridine rings is 1. The highest BCUT2D eigenvalue weighted by atomic mass is 32.1. The third-order valence-electron chi connectivity index (χ3n) is 4.26. The summed E-state index contributed by atoms with van der Waals surface area (Å²) in [5.74, 6) is 0.530. The molecule has 0 saturated carbocycles. The number of fused-ring (bicyclic) bond motifs is 1. The highest BCUT2D eigenvalue weighted by molar-refractivity contribution is 7.15. The number of unbranched alkanes of at least 4 members (excludes halogenated alkanes) is 1. The minimum atomic E-state index is -0.171. The molecule has 0 bridgehead atoms. The van der Waals surface area contributed by atoms with Crippen LogP contribution in [0.3, 0.4) is 0 Å². The van der Waals surface area contributed by atoms with Gasteiger partial charge in [0, 0.05) is 29.8 Å². The Morgan fingerprint density at radius 2 is 1.93 bits per heavy atom. The largest absolute Gasteiger partial charge is 0.360 e. The molecule has 1 N–H and O–H groups in total. The van der Waals surface area contributed by atoms with Crippen molar-refractivity contribution in [3.8, 4) is 11.4 Å². The van der Waals surface area contributed by atoms with Gasteiger partial charge in [0.05, 0.1) is 0 Å². The average Bonchev–Trinajstić information content (AvgIpc) is 3.26. The summed E-state index contributed by atoms with van der Waals surface area (Å²) >= 11 is 1.32. The van der Waals surface area contributed by atoms with Gasteiger partial charge >= 0.3 is 0 Å². The number of thiazole rings is 1. The summed E-state index contributed by atoms with van der Waals surface area (Å²) in [6.07, 6.45) is 8.56. The molecule has 0 aliphatic heterocycles. The highest BCUT2D eigenvalue weighted by Gasteiger charge is 2.11. The SMILES string of the molecule is CCCCc1ccc(N/C=c2\sc3nc(-c4ccncc4)nn3c2=O)cc1. The molecule has 0 radical (unpaired) electrons. The fourth-order valence-electron chi connectivity index (χ4n) is 2.75. The molecule has 0 unspecified atom stereocenters. The maximum Gasteiger partial charge on any atom is 0.292 e. The van der Waals surface area contributed by atoms with Crippen molar-refractivity contribution in [3.63, 3.8) is 0 Å². The van der Waals surface area contributed by atoms with Crippen LogP contribution in [-0.4, -0.2) is 19.6 Å². The number of benzene rings is 1. The van der Waals surface area contributed by atoms with Crippen LogP contribution >= 0.6 is 11.3 Å². The van der Waals surface area contributed by atoms with Crippen molar-refractivity contribution >= 4 is 28.2 Å². The number of aryl methyl sites for hydroxylation is 1. The molecule has 3 heterocycles. The summed E-state index contributed by atoms with van der Waals surface area (Å²) in [5, 5.41) is 7.52. The second-order valence-electron chi connectivity index (χ2n) is 6.23. The Balaban J connectivity index is 1.56. The molecule has 0 atom stereocenters. The maximum atomic E-state index is 12.6. The Labute approximate surface area is 160 Å². The number of hydrogen-bond donors (Lipinski definition) is 1. The zero-order chi connectivity index (χ0) is 18.6. The summed E-state index contributed by atoms with van der Waals surface area (Å²) in [6, 6.07) is 11.9. The third-order valence-corrected chi connectivity index (χ3v) is 5.22. The van der Waals surface area contributed by atoms with E-state index >= 15 is 0 Å². The molecule has 0 saturated heterocycles. The Morgan fingerprint density at radius 1 is 1.15 bits per heavy atom. The van der Waals surface area contributed by atoms with Crippen molar-refractivity contribution in [1.82, 2.24) is 19.6 Å². The van der Waals surface area contributed by atoms with Gasteiger partial charge in [0.15, 0.2) is 5.82 Å². The number of hydrogen-bond acceptors (Lipinski definition) is 6. The van der Waals surface area contributed by atoms with E-state index in [1.54, 1.807) is 18.6 Å². The Kier molecular flexibility index (Phi) is 4.93. The quantitative estimate of drug-likeness (QED) is 0.559. The van der Waals surface area contributed by atoms with Gasteiger partial charge in [-0.15, -0.1) is 5.10 Å². The molecule has 3 aromatic heterocycles. The topological polar surface area (TPSA) is 72.2 Å². The van der Waals surface area contributed by atoms with E-state index in [2.05, 4.69) is 39.4 Å². The fraction of sp³-hybridized carbons (Fsp3) is 0.200. The molecule has 27 heavy (non-hydrogen) atoms. The van der Waals surface area contributed by atoms with E-state index in [4.69, 9.17) is 0 Å². The van der Waals surface area contributed by atoms with Crippen LogP contribution in [-0.2, 0) is 6.42 Å². The molecular weight excluding hydrogens is 358 g/mol. The van der Waals surface area contributed by atoms with Crippen molar-refractivity contribution in [2.75, 3.05) is 5.32 Å². The van der Waals surface area contributed by atoms with Gasteiger partial charge in [-0.05, 0) is 42.7 Å². The van der Waals surface area contributed by atoms with Gasteiger partial charge < -0.3 is 5.32 Å². The first kappa shape index (κ1) is 17.4. The maximum absolute atomic E-state index is 12.6. The standard InChI is InChI=1S/C20H19N5OS/c1-2-3-4-14-5-7-16(8-6-14)22-13-17-19(26)25-20(27-17)23-18(24-25)15-9-11-21-12-10-15/h5-13,22H,2-4H2,1H3/b17-13-. The summed E-state index contributed by atoms with van der Waals surface area (Å²) < 4.78 is 1.92. The number of rotatable bonds is 6. The highest BCUT2D eigenvalue weighted by Crippen LogP contribution is 2.15. The van der Waals surface area contributed by atoms with Gasteiger partial charge in [0.1, 0.15) is 4.53 Å². The smallest absolute Gasteiger partial charge is 0.292 e. The van der Waals surface area contributed by atoms with Crippen molar-refractivity contribution in [2.24, 2.45) is 0 Å². The van der Waals surface area contributed by atoms with Crippen LogP contribution in [0.5, 0.6) is 0 Å². The molecule has 0 aliphatic carbocycles. The van der Waals surface area contributed by atoms with Crippen LogP contribution < -0.4 is 15.4 Å². The molecule has 7 heteroatoms. The predicted octanol–water partition coefficient (Wildman–Crippen LogP) is 3.12. The molecular formula is C20H19N5OS. The molecule has 4 rings (SSSR count). The zero-order valence-electron chi connectivity index (χ0n) is 14.9. The molecule has 6 nitrogen and oxygen atoms in total. The van der Waals surface area contributed by atoms with Crippen LogP contribution in [0.4, 0.5) is 5.69 Å². The zero-order valence-corrected chi connectivity index (χ0v) is 15.7. The van der Waals surface area contributed by atoms with E-state index in [-0.39, 0.29) is 5.56 Å². The number of anilines is 1. The fourth-order valence-corrected chi connectivity index (χ4v) is 3.59. The van der Waals surface area contributed by atoms with Gasteiger partial charge in [-0.25, -0.2) is 0 Å². The van der Waals surface area contributed by atoms with E-state index < -0.39 is 0 Å². The van der Waals surface area contributed by atoms with Crippen molar-refractivity contribution in [1.29, 1.82) is 0 Å². The normalized spacial score (nSPS) is 12.0. The molecule has 0 amide bonds. The summed E-state index contributed by atoms with van der Waals surface area (Å²) in [5.41, 5.74) is 2.95. The van der Waals surface area contributed by atoms with Gasteiger partial charge in [-0.2, -0.15) is 9.50 Å². The van der Waals surface area contributed by atoms with E-state index in [0.717, 1.165) is 17.7 Å². The number of nitrogens with one attached hydrogen (secondary N) is 1. The van der Waals surface area contributed by atoms with Crippen LogP contribution in [0.15, 0.2) is 53.6 Å². The second-order valence-corrected chi connectivity index (χ2v) is 7.24. The Morgan fingerprint density at radius 3 is 2.63 bits per heavy atom. The number of nitrogens with zero attached hydrogens (tertiary/aromatic N) is 4. The van der Waals surface area contributed by atoms with Crippen molar-refractivity contribution in [3.05, 3.63) is 69.2 Å². The summed E-state index contributed by atoms with van der Waals surface area (Å²) in [4.78, 5) is 21.6. The van der Waals surface area contributed by atoms with Crippen LogP contribution in [0.1, 0.15) is 25.3 Å². The van der Waals surface area contributed by atoms with E-state index in [9.17, 15) is 4.79 Å². The first-order valence-corrected chi connectivity index (χ1v) is 9.72. The van der Waals surface area contributed by atoms with Gasteiger partial charge in [-0.3, -0.25) is 9.78 Å². The van der Waals surface area contributed by atoms with E-state index in [1.807, 2.05) is 24.3 Å². The summed E-state index contributed by atoms with van der Waals surface area (Å²) in [7, 11) is 0. The lowest BCUT2D eigenvalue weighted by atomic mass is 10.1. The monoisotopic (exact) mass is 377 g/mol. The first-order valence-electron chi connectivity index (χ1n) is 8.90. The van der Waals surface area contributed by atoms with E-state index in [1.165, 1.54) is 34.3 Å². The van der Waals surface area contributed by atoms with Crippen LogP contribution in [0, 0.1) is 0 Å². The van der Waals surface area contributed by atoms with Crippen molar-refractivity contribution in [2.45, 2.75) is 26.2 Å². The molecule has 0 fully saturated rings. The van der Waals surface area contributed by atoms with Gasteiger partial charge in [0.2, 0.25) is 4.96 Å². The molecule has 136 valence electrons. The minimum absolute atomic E-state index is 0.171. The Hall–Kier alpha value is -3.06. The lowest BCUT2D eigenvalue weighted by molar-refractivity contribution is 0.795. The van der Waals surface area contributed by atoms with Gasteiger partial charge in [0.25, 0.3) is 5.56 Å². The Bertz CT molecular complexity index is 1150. The predicted molar refractivity (Wildman–Crippen MR) is 109 cm³/mol. The average molecular weight is 377 g/mol. The van der Waals surface area contributed by atoms with Crippen LogP contribution in [0.25, 0.3) is 22.5 Å². The third kappa shape index (κ3) is 3.73.